The fourth-order valence-electron chi connectivity index (χ4n) is 3.80. The van der Waals surface area contributed by atoms with E-state index in [4.69, 9.17) is 10.2 Å². The van der Waals surface area contributed by atoms with Gasteiger partial charge in [0.25, 0.3) is 11.4 Å². The van der Waals surface area contributed by atoms with Crippen LogP contribution in [0.3, 0.4) is 0 Å². The van der Waals surface area contributed by atoms with E-state index in [-0.39, 0.29) is 0 Å². The molecule has 2 amide bonds. The lowest BCUT2D eigenvalue weighted by atomic mass is 9.94. The van der Waals surface area contributed by atoms with Crippen molar-refractivity contribution in [3.05, 3.63) is 29.4 Å². The summed E-state index contributed by atoms with van der Waals surface area (Å²) in [6, 6.07) is 2.56. The van der Waals surface area contributed by atoms with Gasteiger partial charge in [0.15, 0.2) is 5.76 Å². The molecular formula is C16H23N5O4. The fourth-order valence-corrected chi connectivity index (χ4v) is 3.80. The number of nitrogens with zero attached hydrogens (tertiary/aromatic N) is 3. The van der Waals surface area contributed by atoms with Crippen LogP contribution in [0.5, 0.6) is 0 Å². The molecule has 1 fully saturated rings. The fraction of sp³-hybridized carbons (Fsp3) is 0.562. The zero-order valence-electron chi connectivity index (χ0n) is 14.4. The molecule has 0 unspecified atom stereocenters. The number of nitrogens with one attached hydrogen (secondary N) is 1. The lowest BCUT2D eigenvalue weighted by Gasteiger charge is -2.35. The van der Waals surface area contributed by atoms with Crippen LogP contribution in [0.15, 0.2) is 27.9 Å². The Kier molecular flexibility index (Phi) is 4.29. The Hall–Kier alpha value is -2.39. The summed E-state index contributed by atoms with van der Waals surface area (Å²) < 4.78 is 6.20. The van der Waals surface area contributed by atoms with Crippen LogP contribution < -0.4 is 11.2 Å². The quantitative estimate of drug-likeness (QED) is 0.425. The third-order valence-electron chi connectivity index (χ3n) is 4.96. The molecule has 3 rings (SSSR count). The van der Waals surface area contributed by atoms with Gasteiger partial charge in [0.05, 0.1) is 6.26 Å². The van der Waals surface area contributed by atoms with Crippen LogP contribution in [0.1, 0.15) is 51.7 Å². The number of primary amides is 1. The summed E-state index contributed by atoms with van der Waals surface area (Å²) in [5.74, 6) is 0.391. The zero-order valence-corrected chi connectivity index (χ0v) is 14.4. The van der Waals surface area contributed by atoms with Crippen molar-refractivity contribution in [2.24, 2.45) is 10.8 Å². The maximum Gasteiger partial charge on any atom is 0.332 e. The largest absolute Gasteiger partial charge is 0.622 e. The monoisotopic (exact) mass is 349 g/mol. The SMILES string of the molecule is CC1(C)C(c2ccco2)=[N+]([O-])[C@@]2(CCCCC/C2=N/NC(N)=O)N1O. The van der Waals surface area contributed by atoms with Crippen molar-refractivity contribution in [2.75, 3.05) is 0 Å². The van der Waals surface area contributed by atoms with Crippen molar-refractivity contribution in [1.29, 1.82) is 0 Å². The number of carbonyl (C=O) groups excluding carboxylic acids is 1. The molecule has 0 radical (unpaired) electrons. The number of hydroxylamine groups is 3. The molecule has 4 N–H and O–H groups in total. The molecule has 1 spiro atoms. The van der Waals surface area contributed by atoms with Crippen LogP contribution in [-0.2, 0) is 0 Å². The molecule has 9 heteroatoms. The van der Waals surface area contributed by atoms with Gasteiger partial charge in [0, 0.05) is 6.42 Å². The van der Waals surface area contributed by atoms with E-state index < -0.39 is 17.2 Å². The van der Waals surface area contributed by atoms with Gasteiger partial charge in [-0.2, -0.15) is 9.84 Å². The minimum atomic E-state index is -1.40. The summed E-state index contributed by atoms with van der Waals surface area (Å²) in [4.78, 5) is 11.1. The first-order valence-corrected chi connectivity index (χ1v) is 8.32. The first-order chi connectivity index (χ1) is 11.8. The van der Waals surface area contributed by atoms with E-state index in [1.165, 1.54) is 6.26 Å². The second kappa shape index (κ2) is 6.16. The van der Waals surface area contributed by atoms with E-state index in [1.807, 2.05) is 0 Å². The average Bonchev–Trinajstić information content (AvgIpc) is 3.02. The molecule has 0 aromatic carbocycles. The maximum atomic E-state index is 13.4. The van der Waals surface area contributed by atoms with Gasteiger partial charge in [-0.05, 0) is 45.2 Å². The lowest BCUT2D eigenvalue weighted by molar-refractivity contribution is -0.567. The molecule has 1 aromatic rings. The Morgan fingerprint density at radius 2 is 2.24 bits per heavy atom. The highest BCUT2D eigenvalue weighted by Gasteiger charge is 2.65. The van der Waals surface area contributed by atoms with E-state index in [9.17, 15) is 15.2 Å². The Bertz CT molecular complexity index is 725. The van der Waals surface area contributed by atoms with Crippen molar-refractivity contribution in [1.82, 2.24) is 10.5 Å². The van der Waals surface area contributed by atoms with Gasteiger partial charge in [0.1, 0.15) is 11.3 Å². The molecule has 0 saturated heterocycles. The van der Waals surface area contributed by atoms with E-state index >= 15 is 0 Å². The van der Waals surface area contributed by atoms with Gasteiger partial charge in [-0.3, -0.25) is 0 Å². The second-order valence-electron chi connectivity index (χ2n) is 6.90. The van der Waals surface area contributed by atoms with Gasteiger partial charge >= 0.3 is 6.03 Å². The summed E-state index contributed by atoms with van der Waals surface area (Å²) in [5.41, 5.74) is 5.62. The normalized spacial score (nSPS) is 28.5. The Labute approximate surface area is 145 Å². The number of nitrogens with two attached hydrogens (primary N) is 1. The molecule has 9 nitrogen and oxygen atoms in total. The number of hydrazone groups is 1. The van der Waals surface area contributed by atoms with Crippen LogP contribution in [0, 0.1) is 5.21 Å². The summed E-state index contributed by atoms with van der Waals surface area (Å²) in [7, 11) is 0. The van der Waals surface area contributed by atoms with Crippen molar-refractivity contribution < 1.29 is 19.2 Å². The highest BCUT2D eigenvalue weighted by atomic mass is 16.6. The number of amides is 2. The topological polar surface area (TPSA) is 130 Å². The van der Waals surface area contributed by atoms with E-state index in [2.05, 4.69) is 10.5 Å². The van der Waals surface area contributed by atoms with E-state index in [0.717, 1.165) is 29.1 Å². The van der Waals surface area contributed by atoms with Crippen LogP contribution in [0.25, 0.3) is 0 Å². The Morgan fingerprint density at radius 1 is 1.48 bits per heavy atom. The molecule has 1 aromatic heterocycles. The molecule has 1 saturated carbocycles. The first-order valence-electron chi connectivity index (χ1n) is 8.32. The molecule has 136 valence electrons. The lowest BCUT2D eigenvalue weighted by Crippen LogP contribution is -2.59. The molecule has 1 atom stereocenters. The van der Waals surface area contributed by atoms with Crippen molar-refractivity contribution in [3.8, 4) is 0 Å². The van der Waals surface area contributed by atoms with Gasteiger partial charge in [0.2, 0.25) is 0 Å². The van der Waals surface area contributed by atoms with E-state index in [1.54, 1.807) is 26.0 Å². The number of rotatable bonds is 2. The molecular weight excluding hydrogens is 326 g/mol. The number of furan rings is 1. The van der Waals surface area contributed by atoms with Gasteiger partial charge < -0.3 is 20.6 Å². The van der Waals surface area contributed by atoms with Crippen LogP contribution in [0.4, 0.5) is 4.79 Å². The molecule has 0 bridgehead atoms. The Balaban J connectivity index is 2.19. The van der Waals surface area contributed by atoms with E-state index in [0.29, 0.717) is 30.0 Å². The van der Waals surface area contributed by atoms with Gasteiger partial charge in [-0.1, -0.05) is 6.42 Å². The predicted molar refractivity (Wildman–Crippen MR) is 90.1 cm³/mol. The predicted octanol–water partition coefficient (Wildman–Crippen LogP) is 1.75. The molecule has 2 aliphatic rings. The summed E-state index contributed by atoms with van der Waals surface area (Å²) >= 11 is 0. The minimum Gasteiger partial charge on any atom is -0.622 e. The maximum absolute atomic E-state index is 13.4. The summed E-state index contributed by atoms with van der Waals surface area (Å²) in [6.45, 7) is 3.49. The number of urea groups is 1. The third-order valence-corrected chi connectivity index (χ3v) is 4.96. The van der Waals surface area contributed by atoms with Crippen LogP contribution >= 0.6 is 0 Å². The van der Waals surface area contributed by atoms with Crippen molar-refractivity contribution in [2.45, 2.75) is 57.2 Å². The highest BCUT2D eigenvalue weighted by Crippen LogP contribution is 2.41. The van der Waals surface area contributed by atoms with Gasteiger partial charge in [-0.25, -0.2) is 10.2 Å². The number of carbonyl (C=O) groups is 1. The minimum absolute atomic E-state index is 0.314. The van der Waals surface area contributed by atoms with Crippen molar-refractivity contribution in [3.63, 3.8) is 0 Å². The third kappa shape index (κ3) is 2.59. The van der Waals surface area contributed by atoms with Crippen LogP contribution in [-0.4, -0.2) is 43.7 Å². The standard InChI is InChI=1S/C16H23N5O4/c1-15(2)13(11-7-6-10-25-11)20(23)16(21(15)24)9-5-3-4-8-12(16)18-19-14(17)22/h6-7,10,24H,3-5,8-9H2,1-2H3,(H3,17,19,22)/b18-12-/t16-/m0/s1. The number of hydrogen-bond acceptors (Lipinski definition) is 6. The molecule has 25 heavy (non-hydrogen) atoms. The zero-order chi connectivity index (χ0) is 18.2. The first kappa shape index (κ1) is 17.4. The summed E-state index contributed by atoms with van der Waals surface area (Å²) in [5, 5.41) is 29.5. The van der Waals surface area contributed by atoms with Crippen LogP contribution in [0.2, 0.25) is 0 Å². The molecule has 1 aliphatic carbocycles. The Morgan fingerprint density at radius 3 is 2.88 bits per heavy atom. The molecule has 2 heterocycles. The molecule has 1 aliphatic heterocycles. The second-order valence-corrected chi connectivity index (χ2v) is 6.90. The number of hydrogen-bond donors (Lipinski definition) is 3. The smallest absolute Gasteiger partial charge is 0.332 e. The average molecular weight is 349 g/mol. The van der Waals surface area contributed by atoms with Gasteiger partial charge in [-0.15, -0.1) is 5.06 Å². The highest BCUT2D eigenvalue weighted by molar-refractivity contribution is 6.05. The van der Waals surface area contributed by atoms with Crippen molar-refractivity contribution >= 4 is 17.5 Å². The summed E-state index contributed by atoms with van der Waals surface area (Å²) in [6.07, 6.45) is 4.77.